The minimum atomic E-state index is 0.0418. The summed E-state index contributed by atoms with van der Waals surface area (Å²) < 4.78 is 17.5. The van der Waals surface area contributed by atoms with E-state index in [1.807, 2.05) is 12.1 Å². The normalized spacial score (nSPS) is 17.0. The van der Waals surface area contributed by atoms with Crippen molar-refractivity contribution >= 4 is 0 Å². The Bertz CT molecular complexity index is 462. The van der Waals surface area contributed by atoms with Gasteiger partial charge in [-0.05, 0) is 42.4 Å². The zero-order valence-corrected chi connectivity index (χ0v) is 14.7. The van der Waals surface area contributed by atoms with Gasteiger partial charge in [0.15, 0.2) is 0 Å². The second-order valence-electron chi connectivity index (χ2n) is 6.70. The molecule has 0 heterocycles. The fourth-order valence-electron chi connectivity index (χ4n) is 2.72. The van der Waals surface area contributed by atoms with Crippen LogP contribution in [0.25, 0.3) is 0 Å². The first-order valence-electron chi connectivity index (χ1n) is 8.61. The van der Waals surface area contributed by atoms with Crippen molar-refractivity contribution in [2.24, 2.45) is 11.8 Å². The molecule has 0 radical (unpaired) electrons. The predicted molar refractivity (Wildman–Crippen MR) is 93.9 cm³/mol. The lowest BCUT2D eigenvalue weighted by Crippen LogP contribution is -2.38. The lowest BCUT2D eigenvalue weighted by molar-refractivity contribution is -0.0884. The minimum absolute atomic E-state index is 0.0418. The average molecular weight is 318 g/mol. The van der Waals surface area contributed by atoms with Crippen molar-refractivity contribution in [2.45, 2.75) is 45.3 Å². The molecule has 1 aromatic rings. The van der Waals surface area contributed by atoms with Gasteiger partial charge in [0.25, 0.3) is 0 Å². The molecule has 0 saturated heterocycles. The largest absolute Gasteiger partial charge is 0.497 e. The standard InChI is InChI=1S/C20H30O3/c1-5-12-22-19(13-16-8-10-18(21-4)11-9-16)20(15(2)3)23-14-17-6-7-17/h5,8-11,15,17,19-20H,1,6-7,12-14H2,2-4H3/t19-,20+/m1/s1. The summed E-state index contributed by atoms with van der Waals surface area (Å²) in [5, 5.41) is 0. The molecule has 0 aliphatic heterocycles. The fourth-order valence-corrected chi connectivity index (χ4v) is 2.72. The Kier molecular flexibility index (Phi) is 7.13. The Morgan fingerprint density at radius 2 is 1.87 bits per heavy atom. The monoisotopic (exact) mass is 318 g/mol. The van der Waals surface area contributed by atoms with Crippen molar-refractivity contribution in [3.05, 3.63) is 42.5 Å². The van der Waals surface area contributed by atoms with Crippen LogP contribution in [0.5, 0.6) is 5.75 Å². The minimum Gasteiger partial charge on any atom is -0.497 e. The molecule has 1 saturated carbocycles. The maximum atomic E-state index is 6.22. The van der Waals surface area contributed by atoms with Gasteiger partial charge in [0, 0.05) is 13.0 Å². The van der Waals surface area contributed by atoms with Crippen molar-refractivity contribution in [1.82, 2.24) is 0 Å². The van der Waals surface area contributed by atoms with Gasteiger partial charge in [0.1, 0.15) is 5.75 Å². The van der Waals surface area contributed by atoms with E-state index >= 15 is 0 Å². The summed E-state index contributed by atoms with van der Waals surface area (Å²) in [6, 6.07) is 8.19. The summed E-state index contributed by atoms with van der Waals surface area (Å²) in [5.41, 5.74) is 1.24. The third-order valence-electron chi connectivity index (χ3n) is 4.27. The molecule has 1 aliphatic rings. The van der Waals surface area contributed by atoms with Crippen molar-refractivity contribution in [1.29, 1.82) is 0 Å². The molecule has 3 heteroatoms. The molecule has 0 N–H and O–H groups in total. The molecule has 128 valence electrons. The summed E-state index contributed by atoms with van der Waals surface area (Å²) >= 11 is 0. The highest BCUT2D eigenvalue weighted by Gasteiger charge is 2.29. The number of hydrogen-bond donors (Lipinski definition) is 0. The first kappa shape index (κ1) is 18.0. The van der Waals surface area contributed by atoms with Crippen LogP contribution in [0.3, 0.4) is 0 Å². The third kappa shape index (κ3) is 6.00. The van der Waals surface area contributed by atoms with Crippen molar-refractivity contribution in [3.63, 3.8) is 0 Å². The molecule has 2 rings (SSSR count). The average Bonchev–Trinajstić information content (AvgIpc) is 3.37. The lowest BCUT2D eigenvalue weighted by Gasteiger charge is -2.30. The van der Waals surface area contributed by atoms with E-state index in [4.69, 9.17) is 14.2 Å². The molecule has 0 unspecified atom stereocenters. The van der Waals surface area contributed by atoms with Crippen LogP contribution in [0.15, 0.2) is 36.9 Å². The van der Waals surface area contributed by atoms with E-state index in [0.717, 1.165) is 24.7 Å². The highest BCUT2D eigenvalue weighted by Crippen LogP contribution is 2.30. The van der Waals surface area contributed by atoms with E-state index in [0.29, 0.717) is 12.5 Å². The SMILES string of the molecule is C=CCO[C@H](Cc1ccc(OC)cc1)[C@@H](OCC1CC1)C(C)C. The predicted octanol–water partition coefficient (Wildman–Crippen LogP) is 4.26. The van der Waals surface area contributed by atoms with Crippen LogP contribution < -0.4 is 4.74 Å². The van der Waals surface area contributed by atoms with Gasteiger partial charge in [0.2, 0.25) is 0 Å². The lowest BCUT2D eigenvalue weighted by atomic mass is 9.96. The van der Waals surface area contributed by atoms with Crippen molar-refractivity contribution in [3.8, 4) is 5.75 Å². The highest BCUT2D eigenvalue weighted by atomic mass is 16.5. The molecule has 0 aromatic heterocycles. The topological polar surface area (TPSA) is 27.7 Å². The first-order valence-corrected chi connectivity index (χ1v) is 8.61. The van der Waals surface area contributed by atoms with Gasteiger partial charge in [-0.2, -0.15) is 0 Å². The van der Waals surface area contributed by atoms with Crippen molar-refractivity contribution in [2.75, 3.05) is 20.3 Å². The Labute approximate surface area is 140 Å². The number of methoxy groups -OCH3 is 1. The molecule has 0 bridgehead atoms. The Balaban J connectivity index is 2.03. The van der Waals surface area contributed by atoms with Crippen LogP contribution in [-0.4, -0.2) is 32.5 Å². The van der Waals surface area contributed by atoms with Gasteiger partial charge in [-0.1, -0.05) is 32.1 Å². The molecule has 0 spiro atoms. The zero-order chi connectivity index (χ0) is 16.7. The summed E-state index contributed by atoms with van der Waals surface area (Å²) in [5.74, 6) is 2.06. The van der Waals surface area contributed by atoms with Gasteiger partial charge in [-0.15, -0.1) is 6.58 Å². The molecular weight excluding hydrogens is 288 g/mol. The number of rotatable bonds is 11. The van der Waals surface area contributed by atoms with Gasteiger partial charge in [-0.25, -0.2) is 0 Å². The quantitative estimate of drug-likeness (QED) is 0.571. The van der Waals surface area contributed by atoms with Crippen LogP contribution in [-0.2, 0) is 15.9 Å². The van der Waals surface area contributed by atoms with Crippen LogP contribution in [0.4, 0.5) is 0 Å². The number of hydrogen-bond acceptors (Lipinski definition) is 3. The Morgan fingerprint density at radius 1 is 1.17 bits per heavy atom. The van der Waals surface area contributed by atoms with Gasteiger partial charge >= 0.3 is 0 Å². The molecule has 3 nitrogen and oxygen atoms in total. The molecule has 2 atom stereocenters. The molecular formula is C20H30O3. The van der Waals surface area contributed by atoms with Crippen molar-refractivity contribution < 1.29 is 14.2 Å². The third-order valence-corrected chi connectivity index (χ3v) is 4.27. The summed E-state index contributed by atoms with van der Waals surface area (Å²) in [7, 11) is 1.69. The van der Waals surface area contributed by atoms with Gasteiger partial charge < -0.3 is 14.2 Å². The maximum Gasteiger partial charge on any atom is 0.118 e. The van der Waals surface area contributed by atoms with Crippen LogP contribution in [0.2, 0.25) is 0 Å². The van der Waals surface area contributed by atoms with Crippen LogP contribution >= 0.6 is 0 Å². The zero-order valence-electron chi connectivity index (χ0n) is 14.7. The molecule has 1 aromatic carbocycles. The van der Waals surface area contributed by atoms with Crippen LogP contribution in [0, 0.1) is 11.8 Å². The number of benzene rings is 1. The fraction of sp³-hybridized carbons (Fsp3) is 0.600. The van der Waals surface area contributed by atoms with Gasteiger partial charge in [0.05, 0.1) is 25.9 Å². The van der Waals surface area contributed by atoms with E-state index < -0.39 is 0 Å². The number of ether oxygens (including phenoxy) is 3. The summed E-state index contributed by atoms with van der Waals surface area (Å²) in [6.07, 6.45) is 5.41. The second kappa shape index (κ2) is 9.09. The van der Waals surface area contributed by atoms with E-state index in [1.54, 1.807) is 13.2 Å². The Hall–Kier alpha value is -1.32. The van der Waals surface area contributed by atoms with Crippen LogP contribution in [0.1, 0.15) is 32.3 Å². The highest BCUT2D eigenvalue weighted by molar-refractivity contribution is 5.27. The smallest absolute Gasteiger partial charge is 0.118 e. The van der Waals surface area contributed by atoms with E-state index in [1.165, 1.54) is 18.4 Å². The molecule has 0 amide bonds. The summed E-state index contributed by atoms with van der Waals surface area (Å²) in [4.78, 5) is 0. The van der Waals surface area contributed by atoms with E-state index in [-0.39, 0.29) is 12.2 Å². The maximum absolute atomic E-state index is 6.22. The molecule has 23 heavy (non-hydrogen) atoms. The first-order chi connectivity index (χ1) is 11.1. The van der Waals surface area contributed by atoms with E-state index in [9.17, 15) is 0 Å². The second-order valence-corrected chi connectivity index (χ2v) is 6.70. The molecule has 1 aliphatic carbocycles. The Morgan fingerprint density at radius 3 is 2.39 bits per heavy atom. The van der Waals surface area contributed by atoms with Gasteiger partial charge in [-0.3, -0.25) is 0 Å². The summed E-state index contributed by atoms with van der Waals surface area (Å²) in [6.45, 7) is 9.59. The molecule has 1 fully saturated rings. The van der Waals surface area contributed by atoms with E-state index in [2.05, 4.69) is 32.6 Å².